The molecule has 214 valence electrons. The molecule has 0 N–H and O–H groups in total. The molecule has 1 heterocycles. The second-order valence-electron chi connectivity index (χ2n) is 9.75. The molecule has 0 atom stereocenters. The Labute approximate surface area is 223 Å². The zero-order valence-corrected chi connectivity index (χ0v) is 20.0. The Kier molecular flexibility index (Phi) is 4.88. The Balaban J connectivity index is 1.69. The molecule has 0 aliphatic carbocycles. The van der Waals surface area contributed by atoms with Crippen molar-refractivity contribution in [1.82, 2.24) is 9.97 Å². The summed E-state index contributed by atoms with van der Waals surface area (Å²) in [5, 5.41) is -3.61. The monoisotopic (exact) mass is 600 g/mol. The molecule has 42 heavy (non-hydrogen) atoms. The van der Waals surface area contributed by atoms with Gasteiger partial charge in [-0.15, -0.1) is 0 Å². The minimum absolute atomic E-state index is 0.139. The Bertz CT molecular complexity index is 1930. The van der Waals surface area contributed by atoms with Crippen molar-refractivity contribution in [2.45, 2.75) is 24.7 Å². The minimum Gasteiger partial charge on any atom is -0.243 e. The topological polar surface area (TPSA) is 25.8 Å². The first kappa shape index (κ1) is 26.5. The fourth-order valence-electron chi connectivity index (χ4n) is 5.91. The Morgan fingerprint density at radius 1 is 0.310 bits per heavy atom. The summed E-state index contributed by atoms with van der Waals surface area (Å²) < 4.78 is 166. The van der Waals surface area contributed by atoms with Gasteiger partial charge in [0.1, 0.15) is 0 Å². The van der Waals surface area contributed by atoms with Crippen LogP contribution in [0.15, 0.2) is 48.5 Å². The van der Waals surface area contributed by atoms with Gasteiger partial charge in [0.15, 0.2) is 0 Å². The van der Waals surface area contributed by atoms with E-state index in [0.29, 0.717) is 24.3 Å². The zero-order chi connectivity index (χ0) is 30.3. The molecule has 0 aliphatic heterocycles. The maximum Gasteiger partial charge on any atom is 0.417 e. The average molecular weight is 600 g/mol. The lowest BCUT2D eigenvalue weighted by atomic mass is 9.95. The van der Waals surface area contributed by atoms with E-state index in [9.17, 15) is 52.7 Å². The lowest BCUT2D eigenvalue weighted by molar-refractivity contribution is -0.141. The highest BCUT2D eigenvalue weighted by molar-refractivity contribution is 6.34. The van der Waals surface area contributed by atoms with E-state index in [-0.39, 0.29) is 43.6 Å². The van der Waals surface area contributed by atoms with Crippen LogP contribution in [0.3, 0.4) is 0 Å². The van der Waals surface area contributed by atoms with E-state index in [4.69, 9.17) is 0 Å². The maximum absolute atomic E-state index is 13.9. The van der Waals surface area contributed by atoms with Gasteiger partial charge in [-0.05, 0) is 24.3 Å². The van der Waals surface area contributed by atoms with Gasteiger partial charge >= 0.3 is 24.7 Å². The van der Waals surface area contributed by atoms with E-state index in [1.165, 1.54) is 0 Å². The van der Waals surface area contributed by atoms with Crippen LogP contribution in [0, 0.1) is 0 Å². The molecular weight excluding hydrogens is 592 g/mol. The Morgan fingerprint density at radius 3 is 0.714 bits per heavy atom. The predicted molar refractivity (Wildman–Crippen MR) is 129 cm³/mol. The van der Waals surface area contributed by atoms with Crippen LogP contribution in [0.2, 0.25) is 0 Å². The SMILES string of the molecule is FC(F)(F)c1ccc2c3nc4c5ccc(C(F)(F)F)c6c(C(F)(F)F)ccc(c4nc3c3ccc(C(F)(F)F)c1c23)c65. The van der Waals surface area contributed by atoms with Gasteiger partial charge in [-0.3, -0.25) is 0 Å². The standard InChI is InChI=1S/C28H8F12N2/c29-25(30,31)13-5-1-9-17-10(2-6-14(19(13)17)26(32,33)34)22-21(9)41-23-11-3-7-15(27(35,36)37)20-16(28(38,39)40)8-4-12(18(11)20)24(23)42-22/h1-8H. The van der Waals surface area contributed by atoms with Crippen LogP contribution in [0.1, 0.15) is 22.3 Å². The molecule has 0 bridgehead atoms. The van der Waals surface area contributed by atoms with Crippen LogP contribution in [-0.4, -0.2) is 9.97 Å². The van der Waals surface area contributed by atoms with Gasteiger partial charge in [0.2, 0.25) is 0 Å². The van der Waals surface area contributed by atoms with Gasteiger partial charge in [0.05, 0.1) is 44.3 Å². The smallest absolute Gasteiger partial charge is 0.243 e. The molecule has 14 heteroatoms. The first-order valence-corrected chi connectivity index (χ1v) is 11.8. The van der Waals surface area contributed by atoms with Crippen LogP contribution < -0.4 is 0 Å². The number of hydrogen-bond donors (Lipinski definition) is 0. The van der Waals surface area contributed by atoms with Crippen molar-refractivity contribution >= 4 is 65.2 Å². The zero-order valence-electron chi connectivity index (χ0n) is 20.0. The predicted octanol–water partition coefficient (Wildman–Crippen LogP) is 10.3. The van der Waals surface area contributed by atoms with Gasteiger partial charge in [-0.1, -0.05) is 24.3 Å². The highest BCUT2D eigenvalue weighted by Crippen LogP contribution is 2.51. The van der Waals surface area contributed by atoms with Crippen molar-refractivity contribution in [3.8, 4) is 0 Å². The van der Waals surface area contributed by atoms with Gasteiger partial charge < -0.3 is 0 Å². The third-order valence-corrected chi connectivity index (χ3v) is 7.46. The summed E-state index contributed by atoms with van der Waals surface area (Å²) in [6, 6.07) is 5.59. The summed E-state index contributed by atoms with van der Waals surface area (Å²) in [5.74, 6) is 0. The molecule has 7 rings (SSSR count). The summed E-state index contributed by atoms with van der Waals surface area (Å²) >= 11 is 0. The van der Waals surface area contributed by atoms with Crippen LogP contribution in [0.5, 0.6) is 0 Å². The van der Waals surface area contributed by atoms with E-state index in [0.717, 1.165) is 24.3 Å². The summed E-state index contributed by atoms with van der Waals surface area (Å²) in [5.41, 5.74) is -6.76. The van der Waals surface area contributed by atoms with Crippen LogP contribution in [0.25, 0.3) is 65.2 Å². The molecule has 0 saturated carbocycles. The molecule has 0 saturated heterocycles. The fraction of sp³-hybridized carbons (Fsp3) is 0.143. The number of halogens is 12. The molecule has 0 unspecified atom stereocenters. The molecule has 0 fully saturated rings. The lowest BCUT2D eigenvalue weighted by Crippen LogP contribution is -2.11. The van der Waals surface area contributed by atoms with E-state index in [1.54, 1.807) is 0 Å². The lowest BCUT2D eigenvalue weighted by Gasteiger charge is -2.16. The second-order valence-corrected chi connectivity index (χ2v) is 9.75. The maximum atomic E-state index is 13.9. The molecule has 0 amide bonds. The third kappa shape index (κ3) is 3.43. The summed E-state index contributed by atoms with van der Waals surface area (Å²) in [6.07, 6.45) is -20.6. The highest BCUT2D eigenvalue weighted by atomic mass is 19.4. The summed E-state index contributed by atoms with van der Waals surface area (Å²) in [4.78, 5) is 8.79. The quantitative estimate of drug-likeness (QED) is 0.162. The molecule has 1 aromatic heterocycles. The number of aromatic nitrogens is 2. The van der Waals surface area contributed by atoms with Crippen LogP contribution in [0.4, 0.5) is 52.7 Å². The number of alkyl halides is 12. The number of rotatable bonds is 0. The molecular formula is C28H8F12N2. The van der Waals surface area contributed by atoms with Gasteiger partial charge in [0, 0.05) is 43.1 Å². The van der Waals surface area contributed by atoms with Crippen molar-refractivity contribution in [3.05, 3.63) is 70.8 Å². The van der Waals surface area contributed by atoms with Crippen molar-refractivity contribution in [2.24, 2.45) is 0 Å². The Morgan fingerprint density at radius 2 is 0.524 bits per heavy atom. The molecule has 7 aromatic rings. The molecule has 0 aliphatic rings. The normalized spacial score (nSPS) is 14.2. The van der Waals surface area contributed by atoms with Crippen molar-refractivity contribution < 1.29 is 52.7 Å². The molecule has 0 radical (unpaired) electrons. The first-order chi connectivity index (χ1) is 19.4. The largest absolute Gasteiger partial charge is 0.417 e. The number of benzene rings is 4. The van der Waals surface area contributed by atoms with E-state index in [1.807, 2.05) is 0 Å². The molecule has 0 spiro atoms. The third-order valence-electron chi connectivity index (χ3n) is 7.46. The minimum atomic E-state index is -5.16. The molecule has 2 nitrogen and oxygen atoms in total. The van der Waals surface area contributed by atoms with E-state index >= 15 is 0 Å². The number of nitrogens with zero attached hydrogens (tertiary/aromatic N) is 2. The van der Waals surface area contributed by atoms with Crippen molar-refractivity contribution in [2.75, 3.05) is 0 Å². The van der Waals surface area contributed by atoms with Gasteiger partial charge in [0.25, 0.3) is 0 Å². The van der Waals surface area contributed by atoms with E-state index in [2.05, 4.69) is 9.97 Å². The van der Waals surface area contributed by atoms with Crippen LogP contribution >= 0.6 is 0 Å². The number of fused-ring (bicyclic) bond motifs is 6. The summed E-state index contributed by atoms with van der Waals surface area (Å²) in [6.45, 7) is 0. The Hall–Kier alpha value is -4.36. The average Bonchev–Trinajstić information content (AvgIpc) is 3.35. The second kappa shape index (κ2) is 7.72. The van der Waals surface area contributed by atoms with E-state index < -0.39 is 68.5 Å². The fourth-order valence-corrected chi connectivity index (χ4v) is 5.91. The van der Waals surface area contributed by atoms with Crippen molar-refractivity contribution in [3.63, 3.8) is 0 Å². The highest BCUT2D eigenvalue weighted by Gasteiger charge is 2.42. The molecule has 6 aromatic carbocycles. The van der Waals surface area contributed by atoms with Gasteiger partial charge in [-0.2, -0.15) is 52.7 Å². The van der Waals surface area contributed by atoms with Crippen molar-refractivity contribution in [1.29, 1.82) is 0 Å². The first-order valence-electron chi connectivity index (χ1n) is 11.8. The number of hydrogen-bond acceptors (Lipinski definition) is 2. The summed E-state index contributed by atoms with van der Waals surface area (Å²) in [7, 11) is 0. The van der Waals surface area contributed by atoms with Crippen LogP contribution in [-0.2, 0) is 24.7 Å². The van der Waals surface area contributed by atoms with Gasteiger partial charge in [-0.25, -0.2) is 9.97 Å².